The van der Waals surface area contributed by atoms with Crippen molar-refractivity contribution in [1.82, 2.24) is 0 Å². The largest absolute Gasteiger partial charge is 0.508 e. The average Bonchev–Trinajstić information content (AvgIpc) is 2.20. The van der Waals surface area contributed by atoms with Gasteiger partial charge in [0.2, 0.25) is 0 Å². The first-order valence-electron chi connectivity index (χ1n) is 4.52. The molecule has 2 aromatic rings. The summed E-state index contributed by atoms with van der Waals surface area (Å²) in [5.74, 6) is 0.0959. The Hall–Kier alpha value is -0.890. The summed E-state index contributed by atoms with van der Waals surface area (Å²) in [5, 5.41) is 10.8. The molecule has 0 aromatic heterocycles. The van der Waals surface area contributed by atoms with Gasteiger partial charge in [-0.2, -0.15) is 0 Å². The minimum Gasteiger partial charge on any atom is -0.508 e. The lowest BCUT2D eigenvalue weighted by molar-refractivity contribution is 0.475. The molecule has 0 atom stereocenters. The minimum absolute atomic E-state index is 0.0959. The molecule has 0 radical (unpaired) electrons. The van der Waals surface area contributed by atoms with Gasteiger partial charge in [0, 0.05) is 10.6 Å². The summed E-state index contributed by atoms with van der Waals surface area (Å²) in [4.78, 5) is 0. The number of rotatable bonds is 1. The zero-order chi connectivity index (χ0) is 11.7. The van der Waals surface area contributed by atoms with Crippen LogP contribution in [0.15, 0.2) is 36.4 Å². The summed E-state index contributed by atoms with van der Waals surface area (Å²) >= 11 is 17.8. The van der Waals surface area contributed by atoms with E-state index in [1.54, 1.807) is 24.3 Å². The summed E-state index contributed by atoms with van der Waals surface area (Å²) in [6.45, 7) is 0. The molecule has 0 spiro atoms. The van der Waals surface area contributed by atoms with Crippen LogP contribution in [0.2, 0.25) is 15.1 Å². The maximum atomic E-state index is 9.45. The van der Waals surface area contributed by atoms with Crippen molar-refractivity contribution in [3.63, 3.8) is 0 Å². The lowest BCUT2D eigenvalue weighted by Crippen LogP contribution is -1.81. The Kier molecular flexibility index (Phi) is 3.29. The number of phenols is 1. The normalized spacial score (nSPS) is 10.4. The number of halogens is 3. The van der Waals surface area contributed by atoms with Crippen LogP contribution in [0.3, 0.4) is 0 Å². The molecule has 4 heteroatoms. The molecule has 1 nitrogen and oxygen atoms in total. The number of hydrogen-bond acceptors (Lipinski definition) is 1. The highest BCUT2D eigenvalue weighted by Crippen LogP contribution is 2.35. The van der Waals surface area contributed by atoms with E-state index in [-0.39, 0.29) is 5.75 Å². The zero-order valence-corrected chi connectivity index (χ0v) is 10.3. The van der Waals surface area contributed by atoms with Gasteiger partial charge in [-0.3, -0.25) is 0 Å². The summed E-state index contributed by atoms with van der Waals surface area (Å²) in [6, 6.07) is 10.1. The van der Waals surface area contributed by atoms with E-state index < -0.39 is 0 Å². The van der Waals surface area contributed by atoms with Crippen molar-refractivity contribution < 1.29 is 5.11 Å². The zero-order valence-electron chi connectivity index (χ0n) is 8.05. The Morgan fingerprint density at radius 1 is 0.938 bits per heavy atom. The van der Waals surface area contributed by atoms with Crippen molar-refractivity contribution in [3.05, 3.63) is 51.5 Å². The fraction of sp³-hybridized carbons (Fsp3) is 0. The maximum absolute atomic E-state index is 9.45. The lowest BCUT2D eigenvalue weighted by Gasteiger charge is -2.07. The molecule has 16 heavy (non-hydrogen) atoms. The van der Waals surface area contributed by atoms with Crippen LogP contribution >= 0.6 is 34.8 Å². The molecule has 0 saturated heterocycles. The van der Waals surface area contributed by atoms with Gasteiger partial charge < -0.3 is 5.11 Å². The van der Waals surface area contributed by atoms with E-state index in [1.807, 2.05) is 6.07 Å². The second-order valence-corrected chi connectivity index (χ2v) is 4.52. The Morgan fingerprint density at radius 3 is 2.38 bits per heavy atom. The highest BCUT2D eigenvalue weighted by Gasteiger charge is 2.08. The fourth-order valence-corrected chi connectivity index (χ4v) is 2.10. The first-order valence-corrected chi connectivity index (χ1v) is 5.65. The summed E-state index contributed by atoms with van der Waals surface area (Å²) in [6.07, 6.45) is 0. The van der Waals surface area contributed by atoms with Gasteiger partial charge in [-0.05, 0) is 29.8 Å². The first kappa shape index (κ1) is 11.6. The van der Waals surface area contributed by atoms with Crippen molar-refractivity contribution in [2.24, 2.45) is 0 Å². The molecule has 82 valence electrons. The van der Waals surface area contributed by atoms with E-state index in [4.69, 9.17) is 34.8 Å². The molecule has 0 fully saturated rings. The Morgan fingerprint density at radius 2 is 1.69 bits per heavy atom. The smallest absolute Gasteiger partial charge is 0.117 e. The molecule has 1 N–H and O–H groups in total. The second kappa shape index (κ2) is 4.54. The van der Waals surface area contributed by atoms with Gasteiger partial charge >= 0.3 is 0 Å². The molecule has 0 bridgehead atoms. The molecule has 0 amide bonds. The van der Waals surface area contributed by atoms with Crippen molar-refractivity contribution in [2.75, 3.05) is 0 Å². The van der Waals surface area contributed by atoms with Crippen LogP contribution in [0.4, 0.5) is 0 Å². The SMILES string of the molecule is Oc1cc(Cl)cc(-c2cccc(Cl)c2Cl)c1. The lowest BCUT2D eigenvalue weighted by atomic mass is 10.1. The topological polar surface area (TPSA) is 20.2 Å². The Labute approximate surface area is 108 Å². The van der Waals surface area contributed by atoms with E-state index in [1.165, 1.54) is 6.07 Å². The number of hydrogen-bond donors (Lipinski definition) is 1. The van der Waals surface area contributed by atoms with Crippen LogP contribution in [-0.2, 0) is 0 Å². The van der Waals surface area contributed by atoms with Crippen LogP contribution in [-0.4, -0.2) is 5.11 Å². The van der Waals surface area contributed by atoms with Crippen molar-refractivity contribution in [3.8, 4) is 16.9 Å². The van der Waals surface area contributed by atoms with Gasteiger partial charge in [0.1, 0.15) is 5.75 Å². The maximum Gasteiger partial charge on any atom is 0.117 e. The monoisotopic (exact) mass is 272 g/mol. The van der Waals surface area contributed by atoms with Crippen molar-refractivity contribution >= 4 is 34.8 Å². The molecule has 2 rings (SSSR count). The third kappa shape index (κ3) is 2.27. The number of aromatic hydroxyl groups is 1. The molecule has 0 aliphatic carbocycles. The van der Waals surface area contributed by atoms with Gasteiger partial charge in [0.25, 0.3) is 0 Å². The standard InChI is InChI=1S/C12H7Cl3O/c13-8-4-7(5-9(16)6-8)10-2-1-3-11(14)12(10)15/h1-6,16H. The third-order valence-corrected chi connectivity index (χ3v) is 3.18. The average molecular weight is 274 g/mol. The molecule has 0 unspecified atom stereocenters. The van der Waals surface area contributed by atoms with E-state index in [9.17, 15) is 5.11 Å². The molecule has 0 heterocycles. The van der Waals surface area contributed by atoms with E-state index in [2.05, 4.69) is 0 Å². The highest BCUT2D eigenvalue weighted by atomic mass is 35.5. The van der Waals surface area contributed by atoms with Gasteiger partial charge in [0.15, 0.2) is 0 Å². The van der Waals surface area contributed by atoms with Crippen molar-refractivity contribution in [1.29, 1.82) is 0 Å². The number of benzene rings is 2. The molecule has 2 aromatic carbocycles. The summed E-state index contributed by atoms with van der Waals surface area (Å²) in [7, 11) is 0. The van der Waals surface area contributed by atoms with Gasteiger partial charge in [-0.1, -0.05) is 46.9 Å². The second-order valence-electron chi connectivity index (χ2n) is 3.30. The fourth-order valence-electron chi connectivity index (χ4n) is 1.46. The first-order chi connectivity index (χ1) is 7.58. The van der Waals surface area contributed by atoms with Crippen LogP contribution in [0.5, 0.6) is 5.75 Å². The van der Waals surface area contributed by atoms with Crippen LogP contribution < -0.4 is 0 Å². The van der Waals surface area contributed by atoms with E-state index >= 15 is 0 Å². The summed E-state index contributed by atoms with van der Waals surface area (Å²) in [5.41, 5.74) is 1.48. The van der Waals surface area contributed by atoms with Gasteiger partial charge in [-0.25, -0.2) is 0 Å². The Bertz CT molecular complexity index is 518. The predicted molar refractivity (Wildman–Crippen MR) is 68.6 cm³/mol. The van der Waals surface area contributed by atoms with Crippen molar-refractivity contribution in [2.45, 2.75) is 0 Å². The molecule has 0 saturated carbocycles. The predicted octanol–water partition coefficient (Wildman–Crippen LogP) is 5.02. The molecular formula is C12H7Cl3O. The molecular weight excluding hydrogens is 266 g/mol. The molecule has 0 aliphatic heterocycles. The van der Waals surface area contributed by atoms with Crippen LogP contribution in [0, 0.1) is 0 Å². The van der Waals surface area contributed by atoms with Gasteiger partial charge in [-0.15, -0.1) is 0 Å². The number of phenolic OH excluding ortho intramolecular Hbond substituents is 1. The quantitative estimate of drug-likeness (QED) is 0.773. The highest BCUT2D eigenvalue weighted by molar-refractivity contribution is 6.43. The van der Waals surface area contributed by atoms with Crippen LogP contribution in [0.1, 0.15) is 0 Å². The Balaban J connectivity index is 2.63. The third-order valence-electron chi connectivity index (χ3n) is 2.15. The van der Waals surface area contributed by atoms with Gasteiger partial charge in [0.05, 0.1) is 10.0 Å². The summed E-state index contributed by atoms with van der Waals surface area (Å²) < 4.78 is 0. The van der Waals surface area contributed by atoms with E-state index in [0.717, 1.165) is 11.1 Å². The minimum atomic E-state index is 0.0959. The van der Waals surface area contributed by atoms with Crippen LogP contribution in [0.25, 0.3) is 11.1 Å². The van der Waals surface area contributed by atoms with E-state index in [0.29, 0.717) is 15.1 Å². The molecule has 0 aliphatic rings.